The van der Waals surface area contributed by atoms with Crippen LogP contribution in [0.15, 0.2) is 82.2 Å². The minimum absolute atomic E-state index is 0.00698. The number of nitrogens with zero attached hydrogens (tertiary/aromatic N) is 2. The zero-order valence-electron chi connectivity index (χ0n) is 22.4. The summed E-state index contributed by atoms with van der Waals surface area (Å²) in [6.07, 6.45) is 0.705. The Kier molecular flexibility index (Phi) is 10.3. The first-order valence-corrected chi connectivity index (χ1v) is 14.8. The van der Waals surface area contributed by atoms with Crippen LogP contribution in [-0.2, 0) is 26.2 Å². The third-order valence-corrected chi connectivity index (χ3v) is 8.75. The summed E-state index contributed by atoms with van der Waals surface area (Å²) in [5.74, 6) is -1.37. The molecule has 208 valence electrons. The van der Waals surface area contributed by atoms with E-state index in [0.29, 0.717) is 17.7 Å². The van der Waals surface area contributed by atoms with Crippen molar-refractivity contribution in [3.8, 4) is 0 Å². The van der Waals surface area contributed by atoms with E-state index in [-0.39, 0.29) is 23.4 Å². The van der Waals surface area contributed by atoms with Crippen molar-refractivity contribution < 1.29 is 22.4 Å². The minimum Gasteiger partial charge on any atom is -0.352 e. The van der Waals surface area contributed by atoms with Crippen molar-refractivity contribution >= 4 is 43.5 Å². The molecule has 0 radical (unpaired) electrons. The normalized spacial score (nSPS) is 12.9. The van der Waals surface area contributed by atoms with E-state index in [1.165, 1.54) is 41.3 Å². The Labute approximate surface area is 238 Å². The van der Waals surface area contributed by atoms with Gasteiger partial charge in [0.25, 0.3) is 10.0 Å². The van der Waals surface area contributed by atoms with E-state index in [4.69, 9.17) is 0 Å². The van der Waals surface area contributed by atoms with E-state index in [1.54, 1.807) is 43.3 Å². The molecular formula is C29H33BrFN3O4S. The Bertz CT molecular complexity index is 1380. The molecule has 0 aliphatic carbocycles. The number of carbonyl (C=O) groups is 2. The summed E-state index contributed by atoms with van der Waals surface area (Å²) in [6, 6.07) is 17.6. The number of halogens is 2. The van der Waals surface area contributed by atoms with Gasteiger partial charge in [0.1, 0.15) is 18.4 Å². The molecule has 0 aromatic heterocycles. The molecule has 0 saturated heterocycles. The van der Waals surface area contributed by atoms with Crippen molar-refractivity contribution in [1.82, 2.24) is 10.2 Å². The molecule has 2 atom stereocenters. The summed E-state index contributed by atoms with van der Waals surface area (Å²) < 4.78 is 42.9. The molecule has 10 heteroatoms. The molecule has 0 heterocycles. The second kappa shape index (κ2) is 13.2. The molecule has 3 aromatic rings. The molecule has 3 rings (SSSR count). The lowest BCUT2D eigenvalue weighted by Crippen LogP contribution is -2.52. The number of aryl methyl sites for hydroxylation is 1. The molecule has 0 fully saturated rings. The van der Waals surface area contributed by atoms with Gasteiger partial charge >= 0.3 is 0 Å². The second-order valence-corrected chi connectivity index (χ2v) is 12.2. The first-order valence-electron chi connectivity index (χ1n) is 12.6. The average molecular weight is 619 g/mol. The van der Waals surface area contributed by atoms with Gasteiger partial charge in [0.15, 0.2) is 0 Å². The van der Waals surface area contributed by atoms with Crippen molar-refractivity contribution in [1.29, 1.82) is 0 Å². The lowest BCUT2D eigenvalue weighted by Gasteiger charge is -2.32. The van der Waals surface area contributed by atoms with Gasteiger partial charge in [-0.25, -0.2) is 12.8 Å². The number of hydrogen-bond acceptors (Lipinski definition) is 4. The van der Waals surface area contributed by atoms with Crippen molar-refractivity contribution in [2.45, 2.75) is 57.6 Å². The Balaban J connectivity index is 2.01. The largest absolute Gasteiger partial charge is 0.352 e. The van der Waals surface area contributed by atoms with E-state index < -0.39 is 34.3 Å². The maximum absolute atomic E-state index is 13.9. The van der Waals surface area contributed by atoms with Crippen LogP contribution in [0.25, 0.3) is 0 Å². The number of benzene rings is 3. The van der Waals surface area contributed by atoms with Crippen LogP contribution in [0.5, 0.6) is 0 Å². The zero-order chi connectivity index (χ0) is 28.7. The number of anilines is 1. The average Bonchev–Trinajstić information content (AvgIpc) is 2.91. The molecule has 0 unspecified atom stereocenters. The highest BCUT2D eigenvalue weighted by Crippen LogP contribution is 2.26. The molecule has 0 spiro atoms. The van der Waals surface area contributed by atoms with Crippen LogP contribution in [0.3, 0.4) is 0 Å². The van der Waals surface area contributed by atoms with Gasteiger partial charge in [-0.3, -0.25) is 13.9 Å². The first kappa shape index (κ1) is 30.3. The van der Waals surface area contributed by atoms with Crippen LogP contribution in [-0.4, -0.2) is 43.8 Å². The number of carbonyl (C=O) groups excluding carboxylic acids is 2. The summed E-state index contributed by atoms with van der Waals surface area (Å²) in [5, 5.41) is 2.88. The third-order valence-electron chi connectivity index (χ3n) is 6.44. The Hall–Kier alpha value is -3.24. The summed E-state index contributed by atoms with van der Waals surface area (Å²) in [4.78, 5) is 28.3. The van der Waals surface area contributed by atoms with E-state index in [0.717, 1.165) is 14.3 Å². The van der Waals surface area contributed by atoms with Crippen molar-refractivity contribution in [2.24, 2.45) is 0 Å². The lowest BCUT2D eigenvalue weighted by atomic mass is 10.1. The predicted molar refractivity (Wildman–Crippen MR) is 154 cm³/mol. The summed E-state index contributed by atoms with van der Waals surface area (Å²) >= 11 is 3.36. The molecule has 39 heavy (non-hydrogen) atoms. The van der Waals surface area contributed by atoms with Crippen LogP contribution in [0.2, 0.25) is 0 Å². The number of amides is 2. The molecule has 7 nitrogen and oxygen atoms in total. The summed E-state index contributed by atoms with van der Waals surface area (Å²) in [5.41, 5.74) is 1.79. The summed E-state index contributed by atoms with van der Waals surface area (Å²) in [6.45, 7) is 6.69. The van der Waals surface area contributed by atoms with E-state index in [1.807, 2.05) is 20.8 Å². The van der Waals surface area contributed by atoms with Gasteiger partial charge < -0.3 is 10.2 Å². The van der Waals surface area contributed by atoms with Crippen molar-refractivity contribution in [2.75, 3.05) is 10.8 Å². The number of rotatable bonds is 11. The highest BCUT2D eigenvalue weighted by atomic mass is 79.9. The van der Waals surface area contributed by atoms with Gasteiger partial charge in [-0.05, 0) is 81.3 Å². The van der Waals surface area contributed by atoms with E-state index >= 15 is 0 Å². The van der Waals surface area contributed by atoms with Crippen LogP contribution in [0, 0.1) is 12.7 Å². The first-order chi connectivity index (χ1) is 18.4. The summed E-state index contributed by atoms with van der Waals surface area (Å²) in [7, 11) is -4.14. The van der Waals surface area contributed by atoms with Gasteiger partial charge in [0.2, 0.25) is 11.8 Å². The molecule has 0 saturated carbocycles. The third kappa shape index (κ3) is 7.89. The molecular weight excluding hydrogens is 585 g/mol. The standard InChI is InChI=1S/C29H33BrFN3O4S/c1-5-21(3)32-29(36)22(4)33(18-23-8-12-25(31)13-9-23)28(35)19-34(26-14-10-24(30)11-15-26)39(37,38)27-16-6-20(2)7-17-27/h6-17,21-22H,5,18-19H2,1-4H3,(H,32,36)/t21-,22-/m1/s1. The van der Waals surface area contributed by atoms with Gasteiger partial charge in [-0.1, -0.05) is 52.7 Å². The number of sulfonamides is 1. The van der Waals surface area contributed by atoms with Crippen LogP contribution in [0.1, 0.15) is 38.3 Å². The van der Waals surface area contributed by atoms with Gasteiger partial charge in [-0.2, -0.15) is 0 Å². The lowest BCUT2D eigenvalue weighted by molar-refractivity contribution is -0.139. The second-order valence-electron chi connectivity index (χ2n) is 9.44. The van der Waals surface area contributed by atoms with Crippen molar-refractivity contribution in [3.05, 3.63) is 94.2 Å². The molecule has 0 aliphatic rings. The Morgan fingerprint density at radius 2 is 1.54 bits per heavy atom. The van der Waals surface area contributed by atoms with Crippen molar-refractivity contribution in [3.63, 3.8) is 0 Å². The maximum atomic E-state index is 13.9. The fourth-order valence-corrected chi connectivity index (χ4v) is 5.49. The van der Waals surface area contributed by atoms with E-state index in [2.05, 4.69) is 21.2 Å². The molecule has 1 N–H and O–H groups in total. The number of hydrogen-bond donors (Lipinski definition) is 1. The van der Waals surface area contributed by atoms with E-state index in [9.17, 15) is 22.4 Å². The Morgan fingerprint density at radius 3 is 2.10 bits per heavy atom. The maximum Gasteiger partial charge on any atom is 0.264 e. The fraction of sp³-hybridized carbons (Fsp3) is 0.310. The SMILES string of the molecule is CC[C@@H](C)NC(=O)[C@@H](C)N(Cc1ccc(F)cc1)C(=O)CN(c1ccc(Br)cc1)S(=O)(=O)c1ccc(C)cc1. The highest BCUT2D eigenvalue weighted by Gasteiger charge is 2.32. The van der Waals surface area contributed by atoms with Crippen LogP contribution in [0.4, 0.5) is 10.1 Å². The van der Waals surface area contributed by atoms with Crippen LogP contribution >= 0.6 is 15.9 Å². The molecule has 3 aromatic carbocycles. The van der Waals surface area contributed by atoms with Gasteiger partial charge in [0, 0.05) is 17.1 Å². The number of nitrogens with one attached hydrogen (secondary N) is 1. The van der Waals surface area contributed by atoms with Gasteiger partial charge in [0.05, 0.1) is 10.6 Å². The Morgan fingerprint density at radius 1 is 0.949 bits per heavy atom. The van der Waals surface area contributed by atoms with Crippen LogP contribution < -0.4 is 9.62 Å². The molecule has 2 amide bonds. The minimum atomic E-state index is -4.14. The zero-order valence-corrected chi connectivity index (χ0v) is 24.8. The molecule has 0 aliphatic heterocycles. The smallest absolute Gasteiger partial charge is 0.264 e. The monoisotopic (exact) mass is 617 g/mol. The molecule has 0 bridgehead atoms. The predicted octanol–water partition coefficient (Wildman–Crippen LogP) is 5.42. The fourth-order valence-electron chi connectivity index (χ4n) is 3.81. The topological polar surface area (TPSA) is 86.8 Å². The quantitative estimate of drug-likeness (QED) is 0.311. The van der Waals surface area contributed by atoms with Gasteiger partial charge in [-0.15, -0.1) is 0 Å². The highest BCUT2D eigenvalue weighted by molar-refractivity contribution is 9.10.